The lowest BCUT2D eigenvalue weighted by molar-refractivity contribution is -0.161. The van der Waals surface area contributed by atoms with Crippen molar-refractivity contribution in [3.8, 4) is 0 Å². The molecule has 2 aliphatic carbocycles. The molecule has 0 amide bonds. The molecule has 0 unspecified atom stereocenters. The van der Waals surface area contributed by atoms with Gasteiger partial charge in [0.2, 0.25) is 0 Å². The normalized spacial score (nSPS) is 36.9. The Labute approximate surface area is 178 Å². The molecule has 2 saturated carbocycles. The Morgan fingerprint density at radius 3 is 2.53 bits per heavy atom. The first-order valence-electron chi connectivity index (χ1n) is 10.9. The number of hydrogen-bond donors (Lipinski definition) is 2. The summed E-state index contributed by atoms with van der Waals surface area (Å²) in [7, 11) is 1.41. The van der Waals surface area contributed by atoms with E-state index in [0.717, 1.165) is 31.3 Å². The molecule has 0 aromatic heterocycles. The van der Waals surface area contributed by atoms with Crippen molar-refractivity contribution in [1.82, 2.24) is 0 Å². The van der Waals surface area contributed by atoms with Gasteiger partial charge in [-0.25, -0.2) is 0 Å². The van der Waals surface area contributed by atoms with Crippen molar-refractivity contribution in [2.24, 2.45) is 22.7 Å². The van der Waals surface area contributed by atoms with E-state index in [0.29, 0.717) is 6.61 Å². The molecular weight excluding hydrogens is 388 g/mol. The molecule has 1 saturated heterocycles. The predicted molar refractivity (Wildman–Crippen MR) is 109 cm³/mol. The number of hydrogen-bond acceptors (Lipinski definition) is 7. The van der Waals surface area contributed by atoms with Gasteiger partial charge in [0.15, 0.2) is 0 Å². The van der Waals surface area contributed by atoms with E-state index in [-0.39, 0.29) is 41.8 Å². The molecule has 3 rings (SSSR count). The Hall–Kier alpha value is -1.44. The Balaban J connectivity index is 1.96. The summed E-state index contributed by atoms with van der Waals surface area (Å²) < 4.78 is 16.7. The van der Waals surface area contributed by atoms with Crippen molar-refractivity contribution in [1.29, 1.82) is 0 Å². The molecule has 3 fully saturated rings. The molecule has 0 aromatic rings. The third kappa shape index (κ3) is 3.80. The zero-order valence-electron chi connectivity index (χ0n) is 18.8. The number of ether oxygens (including phenoxy) is 3. The van der Waals surface area contributed by atoms with Crippen LogP contribution >= 0.6 is 0 Å². The van der Waals surface area contributed by atoms with E-state index < -0.39 is 23.6 Å². The zero-order valence-corrected chi connectivity index (χ0v) is 18.8. The SMILES string of the molecule is COC(=O)[C@@H]1[C@@H](/C(=C\C[C@@H](O)C(C)(C)O)COC(C)=O)CC[C@]2(C)[C@@H]3CC[C@]12CO3. The number of esters is 2. The molecule has 7 heteroatoms. The molecule has 0 aromatic carbocycles. The standard InChI is InChI=1S/C23H36O7/c1-14(24)29-12-15(6-7-17(25)21(2,3)27)16-8-10-22(4)18-9-11-23(22,13-30-18)19(16)20(26)28-5/h6,16-19,25,27H,7-13H2,1-5H3/b15-6-/t16-,17-,18+,19+,22-,23+/m1/s1. The van der Waals surface area contributed by atoms with Crippen LogP contribution in [0, 0.1) is 22.7 Å². The Morgan fingerprint density at radius 1 is 1.30 bits per heavy atom. The number of methoxy groups -OCH3 is 1. The largest absolute Gasteiger partial charge is 0.469 e. The lowest BCUT2D eigenvalue weighted by atomic mass is 9.50. The third-order valence-electron chi connectivity index (χ3n) is 8.01. The highest BCUT2D eigenvalue weighted by Gasteiger charge is 2.70. The van der Waals surface area contributed by atoms with Gasteiger partial charge in [-0.1, -0.05) is 13.0 Å². The highest BCUT2D eigenvalue weighted by molar-refractivity contribution is 5.75. The smallest absolute Gasteiger partial charge is 0.309 e. The van der Waals surface area contributed by atoms with Gasteiger partial charge < -0.3 is 24.4 Å². The van der Waals surface area contributed by atoms with Crippen molar-refractivity contribution in [3.05, 3.63) is 11.6 Å². The monoisotopic (exact) mass is 424 g/mol. The maximum absolute atomic E-state index is 13.1. The second kappa shape index (κ2) is 8.24. The summed E-state index contributed by atoms with van der Waals surface area (Å²) in [6.07, 6.45) is 4.75. The van der Waals surface area contributed by atoms with Crippen LogP contribution in [0.1, 0.15) is 59.8 Å². The quantitative estimate of drug-likeness (QED) is 0.478. The molecule has 3 aliphatic rings. The third-order valence-corrected chi connectivity index (χ3v) is 8.01. The molecule has 30 heavy (non-hydrogen) atoms. The summed E-state index contributed by atoms with van der Waals surface area (Å²) >= 11 is 0. The van der Waals surface area contributed by atoms with Gasteiger partial charge in [-0.05, 0) is 57.4 Å². The van der Waals surface area contributed by atoms with Crippen LogP contribution in [0.3, 0.4) is 0 Å². The van der Waals surface area contributed by atoms with E-state index in [1.54, 1.807) is 13.8 Å². The maximum atomic E-state index is 13.1. The average Bonchev–Trinajstić information content (AvgIpc) is 3.13. The summed E-state index contributed by atoms with van der Waals surface area (Å²) in [5.74, 6) is -1.22. The summed E-state index contributed by atoms with van der Waals surface area (Å²) in [6.45, 7) is 7.28. The summed E-state index contributed by atoms with van der Waals surface area (Å²) in [4.78, 5) is 24.6. The van der Waals surface area contributed by atoms with Crippen molar-refractivity contribution >= 4 is 11.9 Å². The second-order valence-corrected chi connectivity index (χ2v) is 10.0. The maximum Gasteiger partial charge on any atom is 0.309 e. The van der Waals surface area contributed by atoms with Gasteiger partial charge in [0.1, 0.15) is 6.61 Å². The van der Waals surface area contributed by atoms with E-state index in [2.05, 4.69) is 6.92 Å². The van der Waals surface area contributed by atoms with Crippen LogP contribution in [0.2, 0.25) is 0 Å². The number of carbonyl (C=O) groups excluding carboxylic acids is 2. The van der Waals surface area contributed by atoms with Gasteiger partial charge >= 0.3 is 11.9 Å². The zero-order chi connectivity index (χ0) is 22.3. The number of rotatable bonds is 7. The van der Waals surface area contributed by atoms with Gasteiger partial charge in [-0.15, -0.1) is 0 Å². The van der Waals surface area contributed by atoms with Gasteiger partial charge in [0.25, 0.3) is 0 Å². The van der Waals surface area contributed by atoms with Gasteiger partial charge in [0.05, 0.1) is 37.4 Å². The first-order chi connectivity index (χ1) is 14.0. The number of carbonyl (C=O) groups is 2. The molecular formula is C23H36O7. The summed E-state index contributed by atoms with van der Waals surface area (Å²) in [6, 6.07) is 0. The highest BCUT2D eigenvalue weighted by Crippen LogP contribution is 2.69. The lowest BCUT2D eigenvalue weighted by Gasteiger charge is -2.51. The van der Waals surface area contributed by atoms with Crippen LogP contribution in [0.4, 0.5) is 0 Å². The van der Waals surface area contributed by atoms with E-state index >= 15 is 0 Å². The molecule has 2 N–H and O–H groups in total. The minimum Gasteiger partial charge on any atom is -0.469 e. The number of aliphatic hydroxyl groups is 2. The van der Waals surface area contributed by atoms with Crippen LogP contribution in [0.5, 0.6) is 0 Å². The highest BCUT2D eigenvalue weighted by atomic mass is 16.5. The molecule has 1 heterocycles. The van der Waals surface area contributed by atoms with Crippen molar-refractivity contribution < 1.29 is 34.0 Å². The van der Waals surface area contributed by atoms with Gasteiger partial charge in [-0.3, -0.25) is 9.59 Å². The molecule has 170 valence electrons. The minimum absolute atomic E-state index is 0.0587. The summed E-state index contributed by atoms with van der Waals surface area (Å²) in [5, 5.41) is 20.4. The van der Waals surface area contributed by atoms with E-state index in [1.165, 1.54) is 14.0 Å². The van der Waals surface area contributed by atoms with Crippen LogP contribution in [-0.2, 0) is 23.8 Å². The Bertz CT molecular complexity index is 699. The van der Waals surface area contributed by atoms with Crippen LogP contribution in [0.15, 0.2) is 11.6 Å². The first kappa shape index (κ1) is 23.2. The molecule has 0 spiro atoms. The lowest BCUT2D eigenvalue weighted by Crippen LogP contribution is -2.53. The fraction of sp³-hybridized carbons (Fsp3) is 0.826. The topological polar surface area (TPSA) is 102 Å². The summed E-state index contributed by atoms with van der Waals surface area (Å²) in [5.41, 5.74) is -0.818. The van der Waals surface area contributed by atoms with Crippen molar-refractivity contribution in [2.45, 2.75) is 77.6 Å². The van der Waals surface area contributed by atoms with Crippen LogP contribution in [0.25, 0.3) is 0 Å². The Kier molecular flexibility index (Phi) is 6.38. The van der Waals surface area contributed by atoms with Crippen molar-refractivity contribution in [2.75, 3.05) is 20.3 Å². The Morgan fingerprint density at radius 2 is 2.00 bits per heavy atom. The predicted octanol–water partition coefficient (Wildman–Crippen LogP) is 2.38. The molecule has 7 nitrogen and oxygen atoms in total. The minimum atomic E-state index is -1.26. The van der Waals surface area contributed by atoms with Gasteiger partial charge in [0, 0.05) is 17.8 Å². The van der Waals surface area contributed by atoms with E-state index in [1.807, 2.05) is 6.08 Å². The fourth-order valence-electron chi connectivity index (χ4n) is 6.05. The molecule has 1 aliphatic heterocycles. The average molecular weight is 425 g/mol. The van der Waals surface area contributed by atoms with Gasteiger partial charge in [-0.2, -0.15) is 0 Å². The fourth-order valence-corrected chi connectivity index (χ4v) is 6.05. The van der Waals surface area contributed by atoms with Crippen LogP contribution in [-0.4, -0.2) is 60.3 Å². The van der Waals surface area contributed by atoms with E-state index in [4.69, 9.17) is 14.2 Å². The molecule has 0 radical (unpaired) electrons. The first-order valence-corrected chi connectivity index (χ1v) is 10.9. The molecule has 6 atom stereocenters. The number of aliphatic hydroxyl groups excluding tert-OH is 1. The molecule has 2 bridgehead atoms. The van der Waals surface area contributed by atoms with Crippen LogP contribution < -0.4 is 0 Å². The van der Waals surface area contributed by atoms with Crippen molar-refractivity contribution in [3.63, 3.8) is 0 Å². The second-order valence-electron chi connectivity index (χ2n) is 10.0. The van der Waals surface area contributed by atoms with E-state index in [9.17, 15) is 19.8 Å².